The van der Waals surface area contributed by atoms with Crippen molar-refractivity contribution in [1.29, 1.82) is 0 Å². The van der Waals surface area contributed by atoms with Crippen molar-refractivity contribution < 1.29 is 14.3 Å². The van der Waals surface area contributed by atoms with Gasteiger partial charge in [0, 0.05) is 5.92 Å². The van der Waals surface area contributed by atoms with Crippen LogP contribution in [0.3, 0.4) is 0 Å². The Morgan fingerprint density at radius 3 is 2.32 bits per heavy atom. The van der Waals surface area contributed by atoms with E-state index in [2.05, 4.69) is 0 Å². The fourth-order valence-corrected chi connectivity index (χ4v) is 2.77. The van der Waals surface area contributed by atoms with E-state index in [0.29, 0.717) is 17.1 Å². The van der Waals surface area contributed by atoms with E-state index >= 15 is 0 Å². The lowest BCUT2D eigenvalue weighted by Crippen LogP contribution is -2.15. The van der Waals surface area contributed by atoms with Gasteiger partial charge < -0.3 is 9.47 Å². The first-order valence-electron chi connectivity index (χ1n) is 7.02. The quantitative estimate of drug-likeness (QED) is 0.610. The van der Waals surface area contributed by atoms with E-state index < -0.39 is 0 Å². The van der Waals surface area contributed by atoms with Gasteiger partial charge >= 0.3 is 0 Å². The standard InChI is InChI=1S/C16H22O3/c1-18-13-9-10-15(19-2)14(11-13)16(17)12-7-5-3-4-6-8-12/h9-12H,3-8H2,1-2H3. The Bertz CT molecular complexity index is 432. The average molecular weight is 262 g/mol. The summed E-state index contributed by atoms with van der Waals surface area (Å²) in [7, 11) is 3.22. The van der Waals surface area contributed by atoms with E-state index in [-0.39, 0.29) is 11.7 Å². The topological polar surface area (TPSA) is 35.5 Å². The molecule has 1 saturated carbocycles. The maximum absolute atomic E-state index is 12.7. The fourth-order valence-electron chi connectivity index (χ4n) is 2.77. The molecule has 0 saturated heterocycles. The minimum Gasteiger partial charge on any atom is -0.497 e. The van der Waals surface area contributed by atoms with Crippen LogP contribution in [0.2, 0.25) is 0 Å². The number of hydrogen-bond donors (Lipinski definition) is 0. The minimum atomic E-state index is 0.142. The molecule has 3 heteroatoms. The Morgan fingerprint density at radius 1 is 1.05 bits per heavy atom. The molecule has 19 heavy (non-hydrogen) atoms. The van der Waals surface area contributed by atoms with Gasteiger partial charge in [-0.05, 0) is 31.0 Å². The van der Waals surface area contributed by atoms with Crippen LogP contribution in [-0.4, -0.2) is 20.0 Å². The number of Topliss-reactive ketones (excluding diaryl/α,β-unsaturated/α-hetero) is 1. The zero-order valence-corrected chi connectivity index (χ0v) is 11.8. The third kappa shape index (κ3) is 3.28. The number of methoxy groups -OCH3 is 2. The lowest BCUT2D eigenvalue weighted by Gasteiger charge is -2.15. The summed E-state index contributed by atoms with van der Waals surface area (Å²) < 4.78 is 10.5. The zero-order chi connectivity index (χ0) is 13.7. The predicted octanol–water partition coefficient (Wildman–Crippen LogP) is 3.86. The molecule has 0 spiro atoms. The van der Waals surface area contributed by atoms with Crippen LogP contribution >= 0.6 is 0 Å². The molecule has 1 aromatic rings. The molecule has 0 aliphatic heterocycles. The first kappa shape index (κ1) is 13.9. The van der Waals surface area contributed by atoms with Crippen molar-refractivity contribution in [1.82, 2.24) is 0 Å². The summed E-state index contributed by atoms with van der Waals surface area (Å²) in [6.45, 7) is 0. The molecule has 0 heterocycles. The highest BCUT2D eigenvalue weighted by atomic mass is 16.5. The van der Waals surface area contributed by atoms with Gasteiger partial charge in [-0.25, -0.2) is 0 Å². The molecule has 0 aromatic heterocycles. The predicted molar refractivity (Wildman–Crippen MR) is 75.1 cm³/mol. The highest BCUT2D eigenvalue weighted by Gasteiger charge is 2.24. The Morgan fingerprint density at radius 2 is 1.74 bits per heavy atom. The summed E-state index contributed by atoms with van der Waals surface area (Å²) in [6, 6.07) is 5.43. The molecule has 0 bridgehead atoms. The molecule has 1 aromatic carbocycles. The van der Waals surface area contributed by atoms with Gasteiger partial charge in [-0.2, -0.15) is 0 Å². The minimum absolute atomic E-state index is 0.142. The SMILES string of the molecule is COc1ccc(OC)c(C(=O)C2CCCCCC2)c1. The highest BCUT2D eigenvalue weighted by molar-refractivity contribution is 6.00. The number of ether oxygens (including phenoxy) is 2. The molecular weight excluding hydrogens is 240 g/mol. The van der Waals surface area contributed by atoms with Crippen LogP contribution in [-0.2, 0) is 0 Å². The number of rotatable bonds is 4. The molecule has 3 nitrogen and oxygen atoms in total. The van der Waals surface area contributed by atoms with E-state index in [1.54, 1.807) is 20.3 Å². The second-order valence-electron chi connectivity index (χ2n) is 5.12. The second-order valence-corrected chi connectivity index (χ2v) is 5.12. The van der Waals surface area contributed by atoms with Gasteiger partial charge in [0.2, 0.25) is 0 Å². The molecule has 0 atom stereocenters. The van der Waals surface area contributed by atoms with Crippen LogP contribution in [0.4, 0.5) is 0 Å². The molecule has 0 radical (unpaired) electrons. The Labute approximate surface area is 114 Å². The molecule has 0 N–H and O–H groups in total. The number of ketones is 1. The van der Waals surface area contributed by atoms with Gasteiger partial charge in [0.1, 0.15) is 11.5 Å². The molecule has 1 aliphatic rings. The normalized spacial score (nSPS) is 16.7. The van der Waals surface area contributed by atoms with Crippen LogP contribution in [0.15, 0.2) is 18.2 Å². The van der Waals surface area contributed by atoms with Crippen molar-refractivity contribution in [2.75, 3.05) is 14.2 Å². The van der Waals surface area contributed by atoms with Crippen LogP contribution in [0.5, 0.6) is 11.5 Å². The largest absolute Gasteiger partial charge is 0.497 e. The van der Waals surface area contributed by atoms with E-state index in [1.165, 1.54) is 12.8 Å². The molecular formula is C16H22O3. The van der Waals surface area contributed by atoms with Crippen molar-refractivity contribution in [3.05, 3.63) is 23.8 Å². The molecule has 0 unspecified atom stereocenters. The molecule has 1 fully saturated rings. The maximum Gasteiger partial charge on any atom is 0.169 e. The van der Waals surface area contributed by atoms with Crippen molar-refractivity contribution in [3.63, 3.8) is 0 Å². The summed E-state index contributed by atoms with van der Waals surface area (Å²) in [4.78, 5) is 12.7. The highest BCUT2D eigenvalue weighted by Crippen LogP contribution is 2.31. The van der Waals surface area contributed by atoms with E-state index in [4.69, 9.17) is 9.47 Å². The van der Waals surface area contributed by atoms with Gasteiger partial charge in [0.25, 0.3) is 0 Å². The van der Waals surface area contributed by atoms with Crippen LogP contribution < -0.4 is 9.47 Å². The number of carbonyl (C=O) groups is 1. The van der Waals surface area contributed by atoms with E-state index in [0.717, 1.165) is 25.7 Å². The fraction of sp³-hybridized carbons (Fsp3) is 0.562. The summed E-state index contributed by atoms with van der Waals surface area (Å²) in [5.74, 6) is 1.70. The first-order chi connectivity index (χ1) is 9.26. The van der Waals surface area contributed by atoms with Crippen molar-refractivity contribution in [2.45, 2.75) is 38.5 Å². The average Bonchev–Trinajstić information content (AvgIpc) is 2.74. The van der Waals surface area contributed by atoms with Crippen molar-refractivity contribution >= 4 is 5.78 Å². The van der Waals surface area contributed by atoms with Gasteiger partial charge in [-0.3, -0.25) is 4.79 Å². The van der Waals surface area contributed by atoms with Gasteiger partial charge in [-0.15, -0.1) is 0 Å². The molecule has 104 valence electrons. The summed E-state index contributed by atoms with van der Waals surface area (Å²) in [5.41, 5.74) is 0.661. The summed E-state index contributed by atoms with van der Waals surface area (Å²) >= 11 is 0. The lowest BCUT2D eigenvalue weighted by molar-refractivity contribution is 0.0904. The Hall–Kier alpha value is -1.51. The summed E-state index contributed by atoms with van der Waals surface area (Å²) in [5, 5.41) is 0. The molecule has 0 amide bonds. The number of hydrogen-bond acceptors (Lipinski definition) is 3. The Balaban J connectivity index is 2.25. The summed E-state index contributed by atoms with van der Waals surface area (Å²) in [6.07, 6.45) is 6.81. The molecule has 2 rings (SSSR count). The van der Waals surface area contributed by atoms with Crippen LogP contribution in [0, 0.1) is 5.92 Å². The van der Waals surface area contributed by atoms with Gasteiger partial charge in [-0.1, -0.05) is 25.7 Å². The monoisotopic (exact) mass is 262 g/mol. The van der Waals surface area contributed by atoms with Crippen molar-refractivity contribution in [3.8, 4) is 11.5 Å². The lowest BCUT2D eigenvalue weighted by atomic mass is 9.90. The number of benzene rings is 1. The maximum atomic E-state index is 12.7. The van der Waals surface area contributed by atoms with E-state index in [9.17, 15) is 4.79 Å². The zero-order valence-electron chi connectivity index (χ0n) is 11.8. The third-order valence-corrected chi connectivity index (χ3v) is 3.90. The second kappa shape index (κ2) is 6.60. The van der Waals surface area contributed by atoms with E-state index in [1.807, 2.05) is 12.1 Å². The van der Waals surface area contributed by atoms with Crippen LogP contribution in [0.1, 0.15) is 48.9 Å². The molecule has 1 aliphatic carbocycles. The number of carbonyl (C=O) groups excluding carboxylic acids is 1. The smallest absolute Gasteiger partial charge is 0.169 e. The van der Waals surface area contributed by atoms with Gasteiger partial charge in [0.15, 0.2) is 5.78 Å². The van der Waals surface area contributed by atoms with Crippen molar-refractivity contribution in [2.24, 2.45) is 5.92 Å². The van der Waals surface area contributed by atoms with Gasteiger partial charge in [0.05, 0.1) is 19.8 Å². The Kier molecular flexibility index (Phi) is 4.83. The van der Waals surface area contributed by atoms with Crippen LogP contribution in [0.25, 0.3) is 0 Å². The third-order valence-electron chi connectivity index (χ3n) is 3.90. The first-order valence-corrected chi connectivity index (χ1v) is 7.02.